The maximum Gasteiger partial charge on any atom is 0.122 e. The Hall–Kier alpha value is -1.52. The van der Waals surface area contributed by atoms with Crippen LogP contribution in [-0.2, 0) is 17.7 Å². The maximum atomic E-state index is 10.9. The fraction of sp³-hybridized carbons (Fsp3) is 0.556. The summed E-state index contributed by atoms with van der Waals surface area (Å²) in [5.74, 6) is 2.35. The molecule has 0 aromatic heterocycles. The standard InChI is InChI=1S/C18H21NO3/c1-21-15-7-11-2-4-19-9-12-6-10-3-5-22-14(10)8-13(12)16(17(11)19)18(15)20/h6-8,11,16-18,20H,2-5,9H2,1H3. The molecule has 4 aliphatic rings. The highest BCUT2D eigenvalue weighted by Crippen LogP contribution is 2.49. The number of hydrogen-bond acceptors (Lipinski definition) is 4. The van der Waals surface area contributed by atoms with Crippen molar-refractivity contribution in [2.24, 2.45) is 5.92 Å². The van der Waals surface area contributed by atoms with Gasteiger partial charge in [0.15, 0.2) is 0 Å². The van der Waals surface area contributed by atoms with Gasteiger partial charge in [-0.2, -0.15) is 0 Å². The van der Waals surface area contributed by atoms with Gasteiger partial charge in [-0.05, 0) is 47.7 Å². The zero-order valence-corrected chi connectivity index (χ0v) is 12.8. The van der Waals surface area contributed by atoms with Crippen LogP contribution in [0.25, 0.3) is 0 Å². The molecule has 0 saturated carbocycles. The molecule has 4 nitrogen and oxygen atoms in total. The summed E-state index contributed by atoms with van der Waals surface area (Å²) in [4.78, 5) is 2.55. The molecule has 116 valence electrons. The monoisotopic (exact) mass is 299 g/mol. The number of ether oxygens (including phenoxy) is 2. The maximum absolute atomic E-state index is 10.9. The molecule has 3 aliphatic heterocycles. The predicted molar refractivity (Wildman–Crippen MR) is 81.8 cm³/mol. The Morgan fingerprint density at radius 1 is 1.32 bits per heavy atom. The fourth-order valence-corrected chi connectivity index (χ4v) is 4.94. The molecule has 0 bridgehead atoms. The molecule has 0 amide bonds. The van der Waals surface area contributed by atoms with Gasteiger partial charge in [0.2, 0.25) is 0 Å². The average Bonchev–Trinajstić information content (AvgIpc) is 3.14. The quantitative estimate of drug-likeness (QED) is 0.859. The van der Waals surface area contributed by atoms with Crippen LogP contribution in [0.15, 0.2) is 24.0 Å². The smallest absolute Gasteiger partial charge is 0.122 e. The van der Waals surface area contributed by atoms with Crippen molar-refractivity contribution in [3.63, 3.8) is 0 Å². The van der Waals surface area contributed by atoms with E-state index < -0.39 is 6.10 Å². The number of hydrogen-bond donors (Lipinski definition) is 1. The lowest BCUT2D eigenvalue weighted by Gasteiger charge is -2.45. The summed E-state index contributed by atoms with van der Waals surface area (Å²) < 4.78 is 11.2. The molecule has 5 rings (SSSR count). The second-order valence-electron chi connectivity index (χ2n) is 6.91. The van der Waals surface area contributed by atoms with Crippen LogP contribution in [0.3, 0.4) is 0 Å². The lowest BCUT2D eigenvalue weighted by atomic mass is 9.72. The summed E-state index contributed by atoms with van der Waals surface area (Å²) in [6.07, 6.45) is 3.77. The van der Waals surface area contributed by atoms with E-state index in [1.807, 2.05) is 0 Å². The van der Waals surface area contributed by atoms with E-state index in [-0.39, 0.29) is 5.92 Å². The van der Waals surface area contributed by atoms with Gasteiger partial charge in [-0.1, -0.05) is 6.07 Å². The zero-order valence-electron chi connectivity index (χ0n) is 12.8. The Balaban J connectivity index is 1.67. The second kappa shape index (κ2) is 4.49. The van der Waals surface area contributed by atoms with Crippen LogP contribution in [0.4, 0.5) is 0 Å². The number of fused-ring (bicyclic) bond motifs is 3. The third-order valence-corrected chi connectivity index (χ3v) is 5.91. The van der Waals surface area contributed by atoms with Crippen molar-refractivity contribution in [1.82, 2.24) is 4.90 Å². The first kappa shape index (κ1) is 13.0. The van der Waals surface area contributed by atoms with Gasteiger partial charge in [0.25, 0.3) is 0 Å². The molecule has 1 fully saturated rings. The highest BCUT2D eigenvalue weighted by atomic mass is 16.5. The van der Waals surface area contributed by atoms with Gasteiger partial charge in [-0.25, -0.2) is 0 Å². The predicted octanol–water partition coefficient (Wildman–Crippen LogP) is 1.81. The van der Waals surface area contributed by atoms with E-state index in [2.05, 4.69) is 23.1 Å². The van der Waals surface area contributed by atoms with Gasteiger partial charge in [0.05, 0.1) is 13.7 Å². The lowest BCUT2D eigenvalue weighted by Crippen LogP contribution is -2.48. The van der Waals surface area contributed by atoms with Crippen LogP contribution < -0.4 is 4.74 Å². The Labute approximate surface area is 130 Å². The third-order valence-electron chi connectivity index (χ3n) is 5.91. The molecular weight excluding hydrogens is 278 g/mol. The van der Waals surface area contributed by atoms with Gasteiger partial charge in [0.1, 0.15) is 17.6 Å². The van der Waals surface area contributed by atoms with Crippen molar-refractivity contribution in [2.45, 2.75) is 37.5 Å². The van der Waals surface area contributed by atoms with Crippen LogP contribution in [-0.4, -0.2) is 42.4 Å². The van der Waals surface area contributed by atoms with Gasteiger partial charge < -0.3 is 14.6 Å². The van der Waals surface area contributed by atoms with Crippen LogP contribution >= 0.6 is 0 Å². The van der Waals surface area contributed by atoms with Crippen molar-refractivity contribution in [2.75, 3.05) is 20.3 Å². The van der Waals surface area contributed by atoms with Gasteiger partial charge >= 0.3 is 0 Å². The van der Waals surface area contributed by atoms with Crippen LogP contribution in [0.5, 0.6) is 5.75 Å². The first-order chi connectivity index (χ1) is 10.8. The normalized spacial score (nSPS) is 35.3. The second-order valence-corrected chi connectivity index (χ2v) is 6.91. The van der Waals surface area contributed by atoms with Crippen LogP contribution in [0, 0.1) is 5.92 Å². The molecule has 1 saturated heterocycles. The molecule has 0 radical (unpaired) electrons. The summed E-state index contributed by atoms with van der Waals surface area (Å²) >= 11 is 0. The molecular formula is C18H21NO3. The van der Waals surface area contributed by atoms with Gasteiger partial charge in [-0.15, -0.1) is 0 Å². The Bertz CT molecular complexity index is 669. The molecule has 0 spiro atoms. The summed E-state index contributed by atoms with van der Waals surface area (Å²) in [6.45, 7) is 2.90. The van der Waals surface area contributed by atoms with Crippen molar-refractivity contribution in [3.05, 3.63) is 40.7 Å². The molecule has 4 atom stereocenters. The molecule has 4 unspecified atom stereocenters. The van der Waals surface area contributed by atoms with E-state index in [1.165, 1.54) is 16.7 Å². The van der Waals surface area contributed by atoms with E-state index in [0.717, 1.165) is 44.0 Å². The van der Waals surface area contributed by atoms with Crippen molar-refractivity contribution in [1.29, 1.82) is 0 Å². The Morgan fingerprint density at radius 3 is 3.09 bits per heavy atom. The number of aliphatic hydroxyl groups is 1. The fourth-order valence-electron chi connectivity index (χ4n) is 4.94. The molecule has 22 heavy (non-hydrogen) atoms. The van der Waals surface area contributed by atoms with E-state index in [0.29, 0.717) is 12.0 Å². The van der Waals surface area contributed by atoms with Gasteiger partial charge in [0, 0.05) is 24.9 Å². The van der Waals surface area contributed by atoms with E-state index >= 15 is 0 Å². The highest BCUT2D eigenvalue weighted by Gasteiger charge is 2.50. The van der Waals surface area contributed by atoms with Crippen molar-refractivity contribution >= 4 is 0 Å². The molecule has 1 aromatic rings. The number of methoxy groups -OCH3 is 1. The molecule has 3 heterocycles. The molecule has 1 aromatic carbocycles. The third kappa shape index (κ3) is 1.60. The van der Waals surface area contributed by atoms with Crippen molar-refractivity contribution in [3.8, 4) is 5.75 Å². The number of benzene rings is 1. The summed E-state index contributed by atoms with van der Waals surface area (Å²) in [6, 6.07) is 4.90. The first-order valence-corrected chi connectivity index (χ1v) is 8.22. The van der Waals surface area contributed by atoms with E-state index in [4.69, 9.17) is 9.47 Å². The van der Waals surface area contributed by atoms with E-state index in [1.54, 1.807) is 7.11 Å². The van der Waals surface area contributed by atoms with Crippen LogP contribution in [0.2, 0.25) is 0 Å². The number of rotatable bonds is 1. The summed E-state index contributed by atoms with van der Waals surface area (Å²) in [5.41, 5.74) is 3.95. The minimum Gasteiger partial charge on any atom is -0.499 e. The topological polar surface area (TPSA) is 41.9 Å². The minimum absolute atomic E-state index is 0.102. The van der Waals surface area contributed by atoms with Crippen molar-refractivity contribution < 1.29 is 14.6 Å². The minimum atomic E-state index is -0.551. The Kier molecular flexibility index (Phi) is 2.65. The number of aliphatic hydroxyl groups excluding tert-OH is 1. The van der Waals surface area contributed by atoms with Crippen LogP contribution in [0.1, 0.15) is 29.0 Å². The summed E-state index contributed by atoms with van der Waals surface area (Å²) in [5, 5.41) is 10.9. The summed E-state index contributed by atoms with van der Waals surface area (Å²) in [7, 11) is 1.66. The van der Waals surface area contributed by atoms with E-state index in [9.17, 15) is 5.11 Å². The zero-order chi connectivity index (χ0) is 14.8. The lowest BCUT2D eigenvalue weighted by molar-refractivity contribution is 0.0412. The molecule has 4 heteroatoms. The highest BCUT2D eigenvalue weighted by molar-refractivity contribution is 5.49. The van der Waals surface area contributed by atoms with Gasteiger partial charge in [-0.3, -0.25) is 4.90 Å². The SMILES string of the molecule is COC1=CC2CCN3Cc4cc5c(cc4C(C1O)C23)OCC5. The largest absolute Gasteiger partial charge is 0.499 e. The molecule has 1 N–H and O–H groups in total. The number of nitrogens with zero attached hydrogens (tertiary/aromatic N) is 1. The Morgan fingerprint density at radius 2 is 2.23 bits per heavy atom. The first-order valence-electron chi connectivity index (χ1n) is 8.22. The molecule has 1 aliphatic carbocycles. The average molecular weight is 299 g/mol.